The summed E-state index contributed by atoms with van der Waals surface area (Å²) < 4.78 is 52.3. The first kappa shape index (κ1) is 21.6. The minimum atomic E-state index is -4.39. The van der Waals surface area contributed by atoms with Gasteiger partial charge in [0.25, 0.3) is 0 Å². The van der Waals surface area contributed by atoms with Gasteiger partial charge in [-0.05, 0) is 35.7 Å². The van der Waals surface area contributed by atoms with Crippen molar-refractivity contribution >= 4 is 11.6 Å². The first-order chi connectivity index (χ1) is 14.2. The molecule has 3 rings (SSSR count). The number of alkyl halides is 3. The predicted molar refractivity (Wildman–Crippen MR) is 104 cm³/mol. The van der Waals surface area contributed by atoms with Crippen LogP contribution in [-0.4, -0.2) is 37.0 Å². The number of nitrogens with zero attached hydrogens (tertiary/aromatic N) is 3. The molecule has 2 aromatic rings. The Morgan fingerprint density at radius 3 is 2.30 bits per heavy atom. The van der Waals surface area contributed by atoms with E-state index in [2.05, 4.69) is 0 Å². The number of hydrogen-bond donors (Lipinski definition) is 0. The lowest BCUT2D eigenvalue weighted by Crippen LogP contribution is -2.49. The quantitative estimate of drug-likeness (QED) is 0.683. The van der Waals surface area contributed by atoms with Crippen LogP contribution in [0.3, 0.4) is 0 Å². The van der Waals surface area contributed by atoms with Crippen LogP contribution < -0.4 is 4.90 Å². The molecule has 8 heteroatoms. The van der Waals surface area contributed by atoms with Crippen molar-refractivity contribution in [3.8, 4) is 6.07 Å². The second-order valence-corrected chi connectivity index (χ2v) is 7.34. The van der Waals surface area contributed by atoms with Crippen molar-refractivity contribution in [2.24, 2.45) is 0 Å². The molecular weight excluding hydrogens is 398 g/mol. The zero-order valence-corrected chi connectivity index (χ0v) is 16.4. The minimum absolute atomic E-state index is 0.101. The number of hydrogen-bond acceptors (Lipinski definition) is 3. The molecule has 0 bridgehead atoms. The largest absolute Gasteiger partial charge is 0.416 e. The molecule has 30 heavy (non-hydrogen) atoms. The van der Waals surface area contributed by atoms with Crippen LogP contribution in [0.15, 0.2) is 42.5 Å². The minimum Gasteiger partial charge on any atom is -0.365 e. The van der Waals surface area contributed by atoms with Gasteiger partial charge in [-0.2, -0.15) is 18.4 Å². The summed E-state index contributed by atoms with van der Waals surface area (Å²) in [6.07, 6.45) is -4.21. The molecule has 1 aliphatic heterocycles. The van der Waals surface area contributed by atoms with Crippen LogP contribution in [0.1, 0.15) is 36.0 Å². The fourth-order valence-corrected chi connectivity index (χ4v) is 3.62. The molecule has 0 spiro atoms. The van der Waals surface area contributed by atoms with Crippen molar-refractivity contribution in [3.63, 3.8) is 0 Å². The predicted octanol–water partition coefficient (Wildman–Crippen LogP) is 4.56. The van der Waals surface area contributed by atoms with Gasteiger partial charge < -0.3 is 9.80 Å². The Kier molecular flexibility index (Phi) is 6.30. The average molecular weight is 419 g/mol. The summed E-state index contributed by atoms with van der Waals surface area (Å²) in [5, 5.41) is 9.21. The van der Waals surface area contributed by atoms with Gasteiger partial charge in [-0.25, -0.2) is 4.39 Å². The number of carbonyl (C=O) groups is 1. The molecule has 0 saturated carbocycles. The second kappa shape index (κ2) is 8.74. The number of rotatable bonds is 4. The summed E-state index contributed by atoms with van der Waals surface area (Å²) in [5.74, 6) is -0.796. The second-order valence-electron chi connectivity index (χ2n) is 7.34. The van der Waals surface area contributed by atoms with Crippen molar-refractivity contribution in [1.82, 2.24) is 4.90 Å². The van der Waals surface area contributed by atoms with Gasteiger partial charge in [0.2, 0.25) is 5.91 Å². The number of piperazine rings is 1. The van der Waals surface area contributed by atoms with Crippen LogP contribution >= 0.6 is 0 Å². The van der Waals surface area contributed by atoms with E-state index in [4.69, 9.17) is 0 Å². The van der Waals surface area contributed by atoms with E-state index in [0.717, 1.165) is 12.1 Å². The standard InChI is InChI=1S/C22H21F4N3O/c1-15(16-5-7-18(8-6-16)22(24,25)26)13-20(30)28-9-11-29(12-10-28)21-17(14-27)3-2-4-19(21)23/h2-8,15H,9-13H2,1H3. The van der Waals surface area contributed by atoms with Crippen molar-refractivity contribution in [3.05, 3.63) is 65.0 Å². The van der Waals surface area contributed by atoms with Crippen LogP contribution in [0, 0.1) is 17.1 Å². The molecule has 0 aromatic heterocycles. The van der Waals surface area contributed by atoms with Crippen molar-refractivity contribution in [2.75, 3.05) is 31.1 Å². The molecule has 1 saturated heterocycles. The monoisotopic (exact) mass is 419 g/mol. The maximum atomic E-state index is 14.2. The van der Waals surface area contributed by atoms with E-state index >= 15 is 0 Å². The fourth-order valence-electron chi connectivity index (χ4n) is 3.62. The molecule has 0 N–H and O–H groups in total. The maximum absolute atomic E-state index is 14.2. The first-order valence-corrected chi connectivity index (χ1v) is 9.59. The van der Waals surface area contributed by atoms with E-state index in [1.165, 1.54) is 24.3 Å². The zero-order valence-electron chi connectivity index (χ0n) is 16.4. The van der Waals surface area contributed by atoms with E-state index in [0.29, 0.717) is 31.7 Å². The Morgan fingerprint density at radius 1 is 1.10 bits per heavy atom. The molecule has 0 aliphatic carbocycles. The Morgan fingerprint density at radius 2 is 1.73 bits per heavy atom. The van der Waals surface area contributed by atoms with Crippen LogP contribution in [0.5, 0.6) is 0 Å². The number of nitriles is 1. The van der Waals surface area contributed by atoms with Gasteiger partial charge >= 0.3 is 6.18 Å². The molecule has 4 nitrogen and oxygen atoms in total. The Labute approximate surface area is 172 Å². The smallest absolute Gasteiger partial charge is 0.365 e. The highest BCUT2D eigenvalue weighted by Gasteiger charge is 2.30. The SMILES string of the molecule is CC(CC(=O)N1CCN(c2c(F)cccc2C#N)CC1)c1ccc(C(F)(F)F)cc1. The number of carbonyl (C=O) groups excluding carboxylic acids is 1. The number of para-hydroxylation sites is 1. The van der Waals surface area contributed by atoms with Crippen LogP contribution in [-0.2, 0) is 11.0 Å². The maximum Gasteiger partial charge on any atom is 0.416 e. The lowest BCUT2D eigenvalue weighted by Gasteiger charge is -2.37. The highest BCUT2D eigenvalue weighted by molar-refractivity contribution is 5.77. The van der Waals surface area contributed by atoms with E-state index in [-0.39, 0.29) is 29.5 Å². The highest BCUT2D eigenvalue weighted by Crippen LogP contribution is 2.31. The normalized spacial score (nSPS) is 15.6. The average Bonchev–Trinajstić information content (AvgIpc) is 2.73. The molecule has 0 radical (unpaired) electrons. The van der Waals surface area contributed by atoms with E-state index in [1.54, 1.807) is 22.8 Å². The number of anilines is 1. The topological polar surface area (TPSA) is 47.3 Å². The third-order valence-corrected chi connectivity index (χ3v) is 5.34. The third-order valence-electron chi connectivity index (χ3n) is 5.34. The van der Waals surface area contributed by atoms with Gasteiger partial charge in [-0.1, -0.05) is 25.1 Å². The lowest BCUT2D eigenvalue weighted by atomic mass is 9.96. The summed E-state index contributed by atoms with van der Waals surface area (Å²) >= 11 is 0. The summed E-state index contributed by atoms with van der Waals surface area (Å²) in [6, 6.07) is 11.2. The zero-order chi connectivity index (χ0) is 21.9. The third kappa shape index (κ3) is 4.73. The van der Waals surface area contributed by atoms with Crippen LogP contribution in [0.2, 0.25) is 0 Å². The van der Waals surface area contributed by atoms with Crippen LogP contribution in [0.4, 0.5) is 23.2 Å². The molecular formula is C22H21F4N3O. The summed E-state index contributed by atoms with van der Waals surface area (Å²) in [4.78, 5) is 16.1. The van der Waals surface area contributed by atoms with Gasteiger partial charge in [-0.3, -0.25) is 4.79 Å². The summed E-state index contributed by atoms with van der Waals surface area (Å²) in [6.45, 7) is 3.37. The highest BCUT2D eigenvalue weighted by atomic mass is 19.4. The van der Waals surface area contributed by atoms with Crippen molar-refractivity contribution < 1.29 is 22.4 Å². The number of halogens is 4. The number of amides is 1. The molecule has 1 unspecified atom stereocenters. The lowest BCUT2D eigenvalue weighted by molar-refractivity contribution is -0.137. The molecule has 1 atom stereocenters. The van der Waals surface area contributed by atoms with E-state index < -0.39 is 17.6 Å². The van der Waals surface area contributed by atoms with Gasteiger partial charge in [0.1, 0.15) is 11.9 Å². The van der Waals surface area contributed by atoms with E-state index in [1.807, 2.05) is 6.07 Å². The van der Waals surface area contributed by atoms with E-state index in [9.17, 15) is 27.6 Å². The van der Waals surface area contributed by atoms with Gasteiger partial charge in [-0.15, -0.1) is 0 Å². The fraction of sp³-hybridized carbons (Fsp3) is 0.364. The Balaban J connectivity index is 1.59. The molecule has 1 aliphatic rings. The van der Waals surface area contributed by atoms with Gasteiger partial charge in [0.15, 0.2) is 0 Å². The summed E-state index contributed by atoms with van der Waals surface area (Å²) in [5.41, 5.74) is 0.460. The Bertz CT molecular complexity index is 942. The van der Waals surface area contributed by atoms with Gasteiger partial charge in [0.05, 0.1) is 16.8 Å². The first-order valence-electron chi connectivity index (χ1n) is 9.59. The molecule has 1 heterocycles. The van der Waals surface area contributed by atoms with Gasteiger partial charge in [0, 0.05) is 32.6 Å². The van der Waals surface area contributed by atoms with Crippen LogP contribution in [0.25, 0.3) is 0 Å². The summed E-state index contributed by atoms with van der Waals surface area (Å²) in [7, 11) is 0. The molecule has 2 aromatic carbocycles. The molecule has 1 fully saturated rings. The van der Waals surface area contributed by atoms with Crippen molar-refractivity contribution in [1.29, 1.82) is 5.26 Å². The number of benzene rings is 2. The Hall–Kier alpha value is -3.08. The van der Waals surface area contributed by atoms with Crippen molar-refractivity contribution in [2.45, 2.75) is 25.4 Å². The molecule has 158 valence electrons. The molecule has 1 amide bonds.